The number of thiazole rings is 1. The molecule has 0 saturated carbocycles. The molecule has 0 aliphatic carbocycles. The van der Waals surface area contributed by atoms with Crippen molar-refractivity contribution in [3.8, 4) is 5.75 Å². The molecular weight excluding hydrogens is 270 g/mol. The van der Waals surface area contributed by atoms with Gasteiger partial charge in [-0.15, -0.1) is 11.3 Å². The maximum absolute atomic E-state index is 6.00. The van der Waals surface area contributed by atoms with Crippen molar-refractivity contribution in [1.82, 2.24) is 9.88 Å². The lowest BCUT2D eigenvalue weighted by Crippen LogP contribution is -2.37. The Morgan fingerprint density at radius 3 is 2.65 bits per heavy atom. The minimum absolute atomic E-state index is 0.334. The Balaban J connectivity index is 1.47. The molecule has 1 fully saturated rings. The van der Waals surface area contributed by atoms with Crippen LogP contribution < -0.4 is 10.5 Å². The summed E-state index contributed by atoms with van der Waals surface area (Å²) in [5, 5.41) is 0.655. The van der Waals surface area contributed by atoms with Crippen molar-refractivity contribution in [3.05, 3.63) is 41.4 Å². The standard InChI is InChI=1S/C15H19N3OS/c16-15-17-10-14(20-15)11-18-8-6-13(7-9-18)19-12-4-2-1-3-5-12/h1-5,10,13H,6-9,11H2,(H2,16,17). The Morgan fingerprint density at radius 1 is 1.25 bits per heavy atom. The maximum Gasteiger partial charge on any atom is 0.180 e. The van der Waals surface area contributed by atoms with E-state index >= 15 is 0 Å². The van der Waals surface area contributed by atoms with Gasteiger partial charge < -0.3 is 10.5 Å². The van der Waals surface area contributed by atoms with Crippen LogP contribution in [-0.2, 0) is 6.54 Å². The number of ether oxygens (including phenoxy) is 1. The first kappa shape index (κ1) is 13.4. The number of para-hydroxylation sites is 1. The van der Waals surface area contributed by atoms with Crippen LogP contribution in [0.5, 0.6) is 5.75 Å². The van der Waals surface area contributed by atoms with Gasteiger partial charge in [0.05, 0.1) is 0 Å². The number of nitrogens with two attached hydrogens (primary N) is 1. The first-order chi connectivity index (χ1) is 9.79. The molecule has 1 aromatic carbocycles. The molecule has 2 N–H and O–H groups in total. The van der Waals surface area contributed by atoms with Gasteiger partial charge in [0.25, 0.3) is 0 Å². The molecule has 1 aliphatic rings. The number of anilines is 1. The quantitative estimate of drug-likeness (QED) is 0.940. The molecule has 1 aromatic heterocycles. The van der Waals surface area contributed by atoms with E-state index in [-0.39, 0.29) is 0 Å². The summed E-state index contributed by atoms with van der Waals surface area (Å²) in [6.45, 7) is 3.08. The predicted octanol–water partition coefficient (Wildman–Crippen LogP) is 2.77. The summed E-state index contributed by atoms with van der Waals surface area (Å²) in [5.74, 6) is 0.973. The van der Waals surface area contributed by atoms with Crippen molar-refractivity contribution in [2.24, 2.45) is 0 Å². The van der Waals surface area contributed by atoms with E-state index in [1.54, 1.807) is 11.3 Å². The van der Waals surface area contributed by atoms with Crippen LogP contribution in [-0.4, -0.2) is 29.1 Å². The number of rotatable bonds is 4. The number of hydrogen-bond acceptors (Lipinski definition) is 5. The smallest absolute Gasteiger partial charge is 0.180 e. The van der Waals surface area contributed by atoms with Gasteiger partial charge in [-0.05, 0) is 25.0 Å². The molecule has 2 heterocycles. The Hall–Kier alpha value is -1.59. The van der Waals surface area contributed by atoms with Crippen molar-refractivity contribution in [1.29, 1.82) is 0 Å². The van der Waals surface area contributed by atoms with E-state index in [4.69, 9.17) is 10.5 Å². The number of aromatic nitrogens is 1. The molecule has 2 aromatic rings. The lowest BCUT2D eigenvalue weighted by Gasteiger charge is -2.31. The SMILES string of the molecule is Nc1ncc(CN2CCC(Oc3ccccc3)CC2)s1. The molecule has 106 valence electrons. The molecule has 0 atom stereocenters. The molecular formula is C15H19N3OS. The summed E-state index contributed by atoms with van der Waals surface area (Å²) in [4.78, 5) is 7.78. The molecule has 0 spiro atoms. The Bertz CT molecular complexity index is 535. The normalized spacial score (nSPS) is 17.2. The number of likely N-dealkylation sites (tertiary alicyclic amines) is 1. The van der Waals surface area contributed by atoms with Gasteiger partial charge in [0.15, 0.2) is 5.13 Å². The van der Waals surface area contributed by atoms with Crippen LogP contribution in [0.3, 0.4) is 0 Å². The maximum atomic E-state index is 6.00. The van der Waals surface area contributed by atoms with E-state index < -0.39 is 0 Å². The van der Waals surface area contributed by atoms with E-state index in [0.29, 0.717) is 11.2 Å². The molecule has 4 nitrogen and oxygen atoms in total. The number of nitrogens with zero attached hydrogens (tertiary/aromatic N) is 2. The van der Waals surface area contributed by atoms with Gasteiger partial charge in [0.2, 0.25) is 0 Å². The highest BCUT2D eigenvalue weighted by Crippen LogP contribution is 2.22. The van der Waals surface area contributed by atoms with Crippen LogP contribution in [0.2, 0.25) is 0 Å². The van der Waals surface area contributed by atoms with Crippen molar-refractivity contribution in [2.45, 2.75) is 25.5 Å². The highest BCUT2D eigenvalue weighted by molar-refractivity contribution is 7.15. The summed E-state index contributed by atoms with van der Waals surface area (Å²) in [6, 6.07) is 10.1. The molecule has 0 unspecified atom stereocenters. The largest absolute Gasteiger partial charge is 0.490 e. The van der Waals surface area contributed by atoms with Crippen LogP contribution in [0.15, 0.2) is 36.5 Å². The summed E-state index contributed by atoms with van der Waals surface area (Å²) < 4.78 is 6.00. The molecule has 1 aliphatic heterocycles. The van der Waals surface area contributed by atoms with Gasteiger partial charge in [-0.2, -0.15) is 0 Å². The molecule has 20 heavy (non-hydrogen) atoms. The van der Waals surface area contributed by atoms with E-state index in [1.165, 1.54) is 4.88 Å². The Kier molecular flexibility index (Phi) is 4.18. The minimum atomic E-state index is 0.334. The average Bonchev–Trinajstić information content (AvgIpc) is 2.88. The van der Waals surface area contributed by atoms with Gasteiger partial charge in [0, 0.05) is 30.7 Å². The van der Waals surface area contributed by atoms with Crippen molar-refractivity contribution in [2.75, 3.05) is 18.8 Å². The van der Waals surface area contributed by atoms with Crippen LogP contribution >= 0.6 is 11.3 Å². The Morgan fingerprint density at radius 2 is 2.00 bits per heavy atom. The van der Waals surface area contributed by atoms with Gasteiger partial charge in [-0.3, -0.25) is 4.90 Å². The monoisotopic (exact) mass is 289 g/mol. The molecule has 1 saturated heterocycles. The van der Waals surface area contributed by atoms with Crippen LogP contribution in [0, 0.1) is 0 Å². The number of piperidine rings is 1. The second-order valence-electron chi connectivity index (χ2n) is 5.07. The van der Waals surface area contributed by atoms with Crippen LogP contribution in [0.25, 0.3) is 0 Å². The molecule has 0 radical (unpaired) electrons. The third-order valence-corrected chi connectivity index (χ3v) is 4.34. The van der Waals surface area contributed by atoms with E-state index in [1.807, 2.05) is 36.5 Å². The van der Waals surface area contributed by atoms with Crippen LogP contribution in [0.4, 0.5) is 5.13 Å². The highest BCUT2D eigenvalue weighted by Gasteiger charge is 2.20. The molecule has 3 rings (SSSR count). The first-order valence-electron chi connectivity index (χ1n) is 6.94. The topological polar surface area (TPSA) is 51.4 Å². The predicted molar refractivity (Wildman–Crippen MR) is 81.9 cm³/mol. The number of hydrogen-bond donors (Lipinski definition) is 1. The number of nitrogen functional groups attached to an aromatic ring is 1. The fourth-order valence-corrected chi connectivity index (χ4v) is 3.22. The lowest BCUT2D eigenvalue weighted by molar-refractivity contribution is 0.0973. The lowest BCUT2D eigenvalue weighted by atomic mass is 10.1. The third kappa shape index (κ3) is 3.49. The average molecular weight is 289 g/mol. The zero-order valence-corrected chi connectivity index (χ0v) is 12.2. The van der Waals surface area contributed by atoms with E-state index in [9.17, 15) is 0 Å². The van der Waals surface area contributed by atoms with Gasteiger partial charge in [0.1, 0.15) is 11.9 Å². The van der Waals surface area contributed by atoms with Gasteiger partial charge in [-0.25, -0.2) is 4.98 Å². The summed E-state index contributed by atoms with van der Waals surface area (Å²) in [5.41, 5.74) is 5.66. The van der Waals surface area contributed by atoms with Crippen molar-refractivity contribution >= 4 is 16.5 Å². The highest BCUT2D eigenvalue weighted by atomic mass is 32.1. The van der Waals surface area contributed by atoms with Gasteiger partial charge in [-0.1, -0.05) is 18.2 Å². The van der Waals surface area contributed by atoms with E-state index in [0.717, 1.165) is 38.2 Å². The zero-order valence-electron chi connectivity index (χ0n) is 11.4. The third-order valence-electron chi connectivity index (χ3n) is 3.53. The van der Waals surface area contributed by atoms with E-state index in [2.05, 4.69) is 9.88 Å². The fraction of sp³-hybridized carbons (Fsp3) is 0.400. The Labute approximate surface area is 123 Å². The molecule has 0 amide bonds. The molecule has 5 heteroatoms. The van der Waals surface area contributed by atoms with Crippen molar-refractivity contribution < 1.29 is 4.74 Å². The van der Waals surface area contributed by atoms with Crippen LogP contribution in [0.1, 0.15) is 17.7 Å². The second kappa shape index (κ2) is 6.24. The zero-order chi connectivity index (χ0) is 13.8. The summed E-state index contributed by atoms with van der Waals surface area (Å²) >= 11 is 1.58. The first-order valence-corrected chi connectivity index (χ1v) is 7.75. The summed E-state index contributed by atoms with van der Waals surface area (Å²) in [7, 11) is 0. The van der Waals surface area contributed by atoms with Crippen molar-refractivity contribution in [3.63, 3.8) is 0 Å². The minimum Gasteiger partial charge on any atom is -0.490 e. The fourth-order valence-electron chi connectivity index (χ4n) is 2.49. The molecule has 0 bridgehead atoms. The number of benzene rings is 1. The van der Waals surface area contributed by atoms with Gasteiger partial charge >= 0.3 is 0 Å². The second-order valence-corrected chi connectivity index (χ2v) is 6.22. The summed E-state index contributed by atoms with van der Waals surface area (Å²) in [6.07, 6.45) is 4.36.